The summed E-state index contributed by atoms with van der Waals surface area (Å²) in [6.45, 7) is 1.49. The van der Waals surface area contributed by atoms with E-state index in [0.717, 1.165) is 17.9 Å². The van der Waals surface area contributed by atoms with Crippen molar-refractivity contribution in [2.24, 2.45) is 0 Å². The molecule has 4 heteroatoms. The molecule has 0 saturated heterocycles. The van der Waals surface area contributed by atoms with Crippen molar-refractivity contribution in [1.29, 1.82) is 0 Å². The van der Waals surface area contributed by atoms with Gasteiger partial charge in [-0.3, -0.25) is 9.67 Å². The van der Waals surface area contributed by atoms with Gasteiger partial charge in [0.1, 0.15) is 0 Å². The number of anilines is 1. The van der Waals surface area contributed by atoms with E-state index in [1.165, 1.54) is 5.56 Å². The quantitative estimate of drug-likeness (QED) is 0.770. The summed E-state index contributed by atoms with van der Waals surface area (Å²) in [6, 6.07) is 16.2. The lowest BCUT2D eigenvalue weighted by molar-refractivity contribution is 0.687. The van der Waals surface area contributed by atoms with E-state index in [9.17, 15) is 0 Å². The molecule has 3 rings (SSSR count). The molecule has 0 aliphatic carbocycles. The van der Waals surface area contributed by atoms with Crippen molar-refractivity contribution < 1.29 is 0 Å². The highest BCUT2D eigenvalue weighted by Gasteiger charge is 2.00. The number of nitrogens with one attached hydrogen (secondary N) is 1. The average Bonchev–Trinajstić information content (AvgIpc) is 2.95. The molecule has 100 valence electrons. The van der Waals surface area contributed by atoms with E-state index >= 15 is 0 Å². The Balaban J connectivity index is 1.60. The van der Waals surface area contributed by atoms with Crippen LogP contribution in [0.2, 0.25) is 0 Å². The van der Waals surface area contributed by atoms with Crippen LogP contribution < -0.4 is 5.32 Å². The number of nitrogens with zero attached hydrogens (tertiary/aromatic N) is 3. The summed E-state index contributed by atoms with van der Waals surface area (Å²) in [7, 11) is 0. The van der Waals surface area contributed by atoms with Gasteiger partial charge in [-0.05, 0) is 17.7 Å². The molecule has 4 nitrogen and oxygen atoms in total. The largest absolute Gasteiger partial charge is 0.377 e. The Labute approximate surface area is 118 Å². The maximum atomic E-state index is 4.36. The second-order valence-electron chi connectivity index (χ2n) is 4.59. The smallest absolute Gasteiger partial charge is 0.0729 e. The predicted octanol–water partition coefficient (Wildman–Crippen LogP) is 2.94. The molecule has 0 amide bonds. The van der Waals surface area contributed by atoms with Gasteiger partial charge in [-0.15, -0.1) is 0 Å². The zero-order valence-corrected chi connectivity index (χ0v) is 11.1. The maximum absolute atomic E-state index is 4.36. The first kappa shape index (κ1) is 12.4. The number of aromatic nitrogens is 3. The van der Waals surface area contributed by atoms with Crippen molar-refractivity contribution in [2.75, 3.05) is 5.32 Å². The zero-order valence-electron chi connectivity index (χ0n) is 11.1. The van der Waals surface area contributed by atoms with E-state index in [4.69, 9.17) is 0 Å². The van der Waals surface area contributed by atoms with E-state index in [1.807, 2.05) is 53.5 Å². The zero-order chi connectivity index (χ0) is 13.6. The Morgan fingerprint density at radius 3 is 2.65 bits per heavy atom. The van der Waals surface area contributed by atoms with Gasteiger partial charge in [0.25, 0.3) is 0 Å². The fourth-order valence-electron chi connectivity index (χ4n) is 2.01. The molecule has 2 aromatic heterocycles. The Morgan fingerprint density at radius 2 is 1.85 bits per heavy atom. The number of benzene rings is 1. The Morgan fingerprint density at radius 1 is 1.00 bits per heavy atom. The minimum atomic E-state index is 0.706. The van der Waals surface area contributed by atoms with Gasteiger partial charge in [0.15, 0.2) is 0 Å². The average molecular weight is 264 g/mol. The van der Waals surface area contributed by atoms with Crippen molar-refractivity contribution in [2.45, 2.75) is 13.1 Å². The van der Waals surface area contributed by atoms with E-state index in [-0.39, 0.29) is 0 Å². The topological polar surface area (TPSA) is 42.7 Å². The third-order valence-corrected chi connectivity index (χ3v) is 3.02. The van der Waals surface area contributed by atoms with Gasteiger partial charge in [0.2, 0.25) is 0 Å². The van der Waals surface area contributed by atoms with Crippen molar-refractivity contribution in [3.8, 4) is 0 Å². The highest BCUT2D eigenvalue weighted by molar-refractivity contribution is 5.38. The van der Waals surface area contributed by atoms with Crippen LogP contribution in [-0.2, 0) is 13.1 Å². The molecular formula is C16H16N4. The summed E-state index contributed by atoms with van der Waals surface area (Å²) < 4.78 is 1.93. The molecule has 0 radical (unpaired) electrons. The Hall–Kier alpha value is -2.62. The molecule has 1 aromatic carbocycles. The minimum Gasteiger partial charge on any atom is -0.377 e. The van der Waals surface area contributed by atoms with Crippen LogP contribution in [-0.4, -0.2) is 14.8 Å². The molecule has 0 saturated carbocycles. The predicted molar refractivity (Wildman–Crippen MR) is 79.3 cm³/mol. The van der Waals surface area contributed by atoms with Crippen LogP contribution in [0.1, 0.15) is 11.3 Å². The number of pyridine rings is 1. The summed E-state index contributed by atoms with van der Waals surface area (Å²) in [5.74, 6) is 0. The first-order valence-corrected chi connectivity index (χ1v) is 6.60. The number of hydrogen-bond donors (Lipinski definition) is 1. The fourth-order valence-corrected chi connectivity index (χ4v) is 2.01. The SMILES string of the molecule is c1ccc(Cn2cc(NCc3ccccn3)cn2)cc1. The molecule has 0 fully saturated rings. The van der Waals surface area contributed by atoms with Crippen molar-refractivity contribution in [1.82, 2.24) is 14.8 Å². The van der Waals surface area contributed by atoms with E-state index in [2.05, 4.69) is 27.5 Å². The summed E-state index contributed by atoms with van der Waals surface area (Å²) >= 11 is 0. The van der Waals surface area contributed by atoms with Crippen LogP contribution in [0.3, 0.4) is 0 Å². The molecule has 0 spiro atoms. The molecule has 0 aliphatic rings. The van der Waals surface area contributed by atoms with Gasteiger partial charge in [-0.2, -0.15) is 5.10 Å². The molecule has 0 bridgehead atoms. The lowest BCUT2D eigenvalue weighted by Gasteiger charge is -2.03. The molecule has 0 unspecified atom stereocenters. The molecule has 3 aromatic rings. The summed E-state index contributed by atoms with van der Waals surface area (Å²) in [5.41, 5.74) is 3.27. The normalized spacial score (nSPS) is 10.4. The van der Waals surface area contributed by atoms with Crippen LogP contribution in [0.25, 0.3) is 0 Å². The van der Waals surface area contributed by atoms with Gasteiger partial charge in [0, 0.05) is 12.4 Å². The van der Waals surface area contributed by atoms with E-state index < -0.39 is 0 Å². The monoisotopic (exact) mass is 264 g/mol. The second-order valence-corrected chi connectivity index (χ2v) is 4.59. The van der Waals surface area contributed by atoms with Gasteiger partial charge in [-0.25, -0.2) is 0 Å². The third kappa shape index (κ3) is 3.23. The van der Waals surface area contributed by atoms with Crippen LogP contribution in [0.4, 0.5) is 5.69 Å². The number of rotatable bonds is 5. The van der Waals surface area contributed by atoms with Crippen LogP contribution in [0, 0.1) is 0 Å². The van der Waals surface area contributed by atoms with Gasteiger partial charge in [-0.1, -0.05) is 36.4 Å². The molecule has 20 heavy (non-hydrogen) atoms. The van der Waals surface area contributed by atoms with Gasteiger partial charge in [0.05, 0.1) is 30.7 Å². The van der Waals surface area contributed by atoms with Crippen molar-refractivity contribution >= 4 is 5.69 Å². The second kappa shape index (κ2) is 6.02. The van der Waals surface area contributed by atoms with Gasteiger partial charge < -0.3 is 5.32 Å². The Kier molecular flexibility index (Phi) is 3.73. The summed E-state index contributed by atoms with van der Waals surface area (Å²) in [6.07, 6.45) is 5.65. The first-order valence-electron chi connectivity index (χ1n) is 6.60. The highest BCUT2D eigenvalue weighted by atomic mass is 15.3. The van der Waals surface area contributed by atoms with Crippen molar-refractivity contribution in [3.63, 3.8) is 0 Å². The first-order chi connectivity index (χ1) is 9.90. The van der Waals surface area contributed by atoms with Crippen molar-refractivity contribution in [3.05, 3.63) is 78.4 Å². The third-order valence-electron chi connectivity index (χ3n) is 3.02. The lowest BCUT2D eigenvalue weighted by atomic mass is 10.2. The van der Waals surface area contributed by atoms with E-state index in [1.54, 1.807) is 6.20 Å². The van der Waals surface area contributed by atoms with Crippen LogP contribution in [0.15, 0.2) is 67.1 Å². The molecule has 0 aliphatic heterocycles. The summed E-state index contributed by atoms with van der Waals surface area (Å²) in [5, 5.41) is 7.68. The Bertz CT molecular complexity index is 647. The fraction of sp³-hybridized carbons (Fsp3) is 0.125. The lowest BCUT2D eigenvalue weighted by Crippen LogP contribution is -2.01. The van der Waals surface area contributed by atoms with Crippen LogP contribution in [0.5, 0.6) is 0 Å². The standard InChI is InChI=1S/C16H16N4/c1-2-6-14(7-3-1)12-20-13-16(11-19-20)18-10-15-8-4-5-9-17-15/h1-9,11,13,18H,10,12H2. The molecule has 1 N–H and O–H groups in total. The maximum Gasteiger partial charge on any atom is 0.0729 e. The molecule has 0 atom stereocenters. The summed E-state index contributed by atoms with van der Waals surface area (Å²) in [4.78, 5) is 4.28. The molecule has 2 heterocycles. The minimum absolute atomic E-state index is 0.706. The van der Waals surface area contributed by atoms with E-state index in [0.29, 0.717) is 6.54 Å². The highest BCUT2D eigenvalue weighted by Crippen LogP contribution is 2.09. The van der Waals surface area contributed by atoms with Gasteiger partial charge >= 0.3 is 0 Å². The van der Waals surface area contributed by atoms with Crippen LogP contribution >= 0.6 is 0 Å². The number of hydrogen-bond acceptors (Lipinski definition) is 3. The molecular weight excluding hydrogens is 248 g/mol.